The van der Waals surface area contributed by atoms with Crippen LogP contribution in [0.15, 0.2) is 23.5 Å². The molecule has 1 aliphatic carbocycles. The van der Waals surface area contributed by atoms with Crippen molar-refractivity contribution in [3.05, 3.63) is 24.0 Å². The highest BCUT2D eigenvalue weighted by Crippen LogP contribution is 2.33. The second-order valence-corrected chi connectivity index (χ2v) is 7.35. The summed E-state index contributed by atoms with van der Waals surface area (Å²) in [5.74, 6) is 0.891. The Morgan fingerprint density at radius 1 is 1.20 bits per heavy atom. The topological polar surface area (TPSA) is 53.8 Å². The van der Waals surface area contributed by atoms with E-state index in [-0.39, 0.29) is 5.54 Å². The monoisotopic (exact) mass is 347 g/mol. The third-order valence-electron chi connectivity index (χ3n) is 5.63. The Morgan fingerprint density at radius 3 is 2.60 bits per heavy atom. The van der Waals surface area contributed by atoms with Gasteiger partial charge in [-0.25, -0.2) is 0 Å². The Hall–Kier alpha value is -1.53. The van der Waals surface area contributed by atoms with Gasteiger partial charge in [-0.15, -0.1) is 0 Å². The predicted molar refractivity (Wildman–Crippen MR) is 102 cm³/mol. The number of rotatable bonds is 5. The van der Waals surface area contributed by atoms with E-state index in [0.717, 1.165) is 45.4 Å². The van der Waals surface area contributed by atoms with Crippen molar-refractivity contribution in [2.45, 2.75) is 44.2 Å². The first-order chi connectivity index (χ1) is 12.2. The maximum atomic E-state index is 5.57. The second kappa shape index (κ2) is 8.72. The Kier molecular flexibility index (Phi) is 6.37. The average Bonchev–Trinajstić information content (AvgIpc) is 3.08. The number of guanidine groups is 1. The van der Waals surface area contributed by atoms with Gasteiger partial charge in [0.2, 0.25) is 0 Å². The quantitative estimate of drug-likeness (QED) is 0.629. The molecule has 6 nitrogen and oxygen atoms in total. The maximum Gasteiger partial charge on any atom is 0.191 e. The summed E-state index contributed by atoms with van der Waals surface area (Å²) in [6.07, 6.45) is 10.8. The highest BCUT2D eigenvalue weighted by Gasteiger charge is 2.38. The number of nitrogens with zero attached hydrogens (tertiary/aromatic N) is 3. The van der Waals surface area contributed by atoms with Gasteiger partial charge in [0.25, 0.3) is 0 Å². The molecule has 1 aromatic rings. The van der Waals surface area contributed by atoms with Crippen LogP contribution in [-0.2, 0) is 18.3 Å². The van der Waals surface area contributed by atoms with Gasteiger partial charge in [-0.05, 0) is 24.5 Å². The molecule has 0 aromatic carbocycles. The molecule has 1 saturated carbocycles. The van der Waals surface area contributed by atoms with E-state index < -0.39 is 0 Å². The van der Waals surface area contributed by atoms with Gasteiger partial charge in [-0.3, -0.25) is 9.89 Å². The highest BCUT2D eigenvalue weighted by atomic mass is 16.5. The van der Waals surface area contributed by atoms with Gasteiger partial charge in [0, 0.05) is 58.2 Å². The first-order valence-electron chi connectivity index (χ1n) is 9.60. The van der Waals surface area contributed by atoms with Crippen LogP contribution >= 0.6 is 0 Å². The summed E-state index contributed by atoms with van der Waals surface area (Å²) < 4.78 is 7.64. The molecule has 0 unspecified atom stereocenters. The fraction of sp³-hybridized carbons (Fsp3) is 0.737. The van der Waals surface area contributed by atoms with Crippen molar-refractivity contribution in [3.63, 3.8) is 0 Å². The van der Waals surface area contributed by atoms with E-state index in [1.54, 1.807) is 0 Å². The minimum absolute atomic E-state index is 0.256. The van der Waals surface area contributed by atoms with E-state index in [2.05, 4.69) is 43.6 Å². The molecule has 25 heavy (non-hydrogen) atoms. The summed E-state index contributed by atoms with van der Waals surface area (Å²) in [6.45, 7) is 5.59. The molecule has 2 fully saturated rings. The molecule has 2 heterocycles. The standard InChI is InChI=1S/C19H33N5O/c1-20-18(21-14-17-6-9-23(2)15-17)22-16-19(7-4-3-5-8-19)24-10-12-25-13-11-24/h6,9,15H,3-5,7-8,10-14,16H2,1-2H3,(H2,20,21,22). The zero-order valence-corrected chi connectivity index (χ0v) is 15.8. The first-order valence-corrected chi connectivity index (χ1v) is 9.60. The first kappa shape index (κ1) is 18.3. The normalized spacial score (nSPS) is 21.9. The fourth-order valence-electron chi connectivity index (χ4n) is 4.17. The zero-order chi connectivity index (χ0) is 17.5. The minimum Gasteiger partial charge on any atom is -0.379 e. The van der Waals surface area contributed by atoms with Crippen molar-refractivity contribution in [1.29, 1.82) is 0 Å². The van der Waals surface area contributed by atoms with E-state index in [1.807, 2.05) is 14.1 Å². The summed E-state index contributed by atoms with van der Waals surface area (Å²) >= 11 is 0. The summed E-state index contributed by atoms with van der Waals surface area (Å²) in [4.78, 5) is 7.07. The van der Waals surface area contributed by atoms with Gasteiger partial charge < -0.3 is 19.9 Å². The largest absolute Gasteiger partial charge is 0.379 e. The molecule has 0 bridgehead atoms. The van der Waals surface area contributed by atoms with Crippen molar-refractivity contribution in [1.82, 2.24) is 20.1 Å². The molecule has 1 saturated heterocycles. The second-order valence-electron chi connectivity index (χ2n) is 7.35. The van der Waals surface area contributed by atoms with Crippen LogP contribution in [0, 0.1) is 0 Å². The number of aryl methyl sites for hydroxylation is 1. The number of nitrogens with one attached hydrogen (secondary N) is 2. The van der Waals surface area contributed by atoms with Crippen molar-refractivity contribution in [2.24, 2.45) is 12.0 Å². The van der Waals surface area contributed by atoms with Gasteiger partial charge in [-0.1, -0.05) is 19.3 Å². The molecule has 2 aliphatic rings. The van der Waals surface area contributed by atoms with E-state index in [1.165, 1.54) is 37.7 Å². The summed E-state index contributed by atoms with van der Waals surface area (Å²) in [7, 11) is 3.90. The lowest BCUT2D eigenvalue weighted by Gasteiger charge is -2.48. The van der Waals surface area contributed by atoms with Crippen molar-refractivity contribution in [2.75, 3.05) is 39.9 Å². The van der Waals surface area contributed by atoms with Crippen LogP contribution in [0.25, 0.3) is 0 Å². The molecular formula is C19H33N5O. The lowest BCUT2D eigenvalue weighted by atomic mass is 9.80. The van der Waals surface area contributed by atoms with Gasteiger partial charge in [-0.2, -0.15) is 0 Å². The van der Waals surface area contributed by atoms with Crippen LogP contribution in [0.1, 0.15) is 37.7 Å². The lowest BCUT2D eigenvalue weighted by Crippen LogP contribution is -2.60. The number of ether oxygens (including phenoxy) is 1. The van der Waals surface area contributed by atoms with Crippen LogP contribution < -0.4 is 10.6 Å². The average molecular weight is 348 g/mol. The molecule has 0 spiro atoms. The van der Waals surface area contributed by atoms with Crippen LogP contribution in [0.2, 0.25) is 0 Å². The molecule has 0 amide bonds. The highest BCUT2D eigenvalue weighted by molar-refractivity contribution is 5.79. The smallest absolute Gasteiger partial charge is 0.191 e. The van der Waals surface area contributed by atoms with E-state index in [0.29, 0.717) is 0 Å². The van der Waals surface area contributed by atoms with Crippen LogP contribution in [0.3, 0.4) is 0 Å². The van der Waals surface area contributed by atoms with Gasteiger partial charge in [0.15, 0.2) is 5.96 Å². The Morgan fingerprint density at radius 2 is 1.96 bits per heavy atom. The van der Waals surface area contributed by atoms with Crippen LogP contribution in [0.5, 0.6) is 0 Å². The summed E-state index contributed by atoms with van der Waals surface area (Å²) in [5, 5.41) is 7.05. The summed E-state index contributed by atoms with van der Waals surface area (Å²) in [5.41, 5.74) is 1.53. The maximum absolute atomic E-state index is 5.57. The summed E-state index contributed by atoms with van der Waals surface area (Å²) in [6, 6.07) is 2.14. The van der Waals surface area contributed by atoms with Crippen molar-refractivity contribution < 1.29 is 4.74 Å². The van der Waals surface area contributed by atoms with Gasteiger partial charge in [0.05, 0.1) is 13.2 Å². The fourth-order valence-corrected chi connectivity index (χ4v) is 4.17. The molecule has 140 valence electrons. The SMILES string of the molecule is CN=C(NCc1ccn(C)c1)NCC1(N2CCOCC2)CCCCC1. The van der Waals surface area contributed by atoms with Crippen molar-refractivity contribution >= 4 is 5.96 Å². The minimum atomic E-state index is 0.256. The number of aliphatic imine (C=N–C) groups is 1. The lowest BCUT2D eigenvalue weighted by molar-refractivity contribution is -0.0352. The van der Waals surface area contributed by atoms with E-state index in [9.17, 15) is 0 Å². The molecule has 1 aliphatic heterocycles. The number of hydrogen-bond acceptors (Lipinski definition) is 3. The molecule has 0 radical (unpaired) electrons. The van der Waals surface area contributed by atoms with Gasteiger partial charge >= 0.3 is 0 Å². The third kappa shape index (κ3) is 4.76. The molecule has 1 aromatic heterocycles. The van der Waals surface area contributed by atoms with Crippen molar-refractivity contribution in [3.8, 4) is 0 Å². The van der Waals surface area contributed by atoms with Crippen LogP contribution in [-0.4, -0.2) is 60.9 Å². The number of aromatic nitrogens is 1. The third-order valence-corrected chi connectivity index (χ3v) is 5.63. The van der Waals surface area contributed by atoms with Crippen LogP contribution in [0.4, 0.5) is 0 Å². The Bertz CT molecular complexity index is 556. The predicted octanol–water partition coefficient (Wildman–Crippen LogP) is 1.73. The zero-order valence-electron chi connectivity index (χ0n) is 15.8. The van der Waals surface area contributed by atoms with E-state index >= 15 is 0 Å². The number of morpholine rings is 1. The molecular weight excluding hydrogens is 314 g/mol. The Labute approximate surface area is 151 Å². The number of hydrogen-bond donors (Lipinski definition) is 2. The molecule has 2 N–H and O–H groups in total. The molecule has 0 atom stereocenters. The van der Waals surface area contributed by atoms with E-state index in [4.69, 9.17) is 4.74 Å². The molecule has 6 heteroatoms. The molecule has 3 rings (SSSR count). The Balaban J connectivity index is 1.57. The van der Waals surface area contributed by atoms with Gasteiger partial charge in [0.1, 0.15) is 0 Å².